The molecule has 2 aromatic carbocycles. The van der Waals surface area contributed by atoms with Crippen molar-refractivity contribution in [2.24, 2.45) is 0 Å². The molecule has 1 aliphatic rings. The Balaban J connectivity index is 1.81. The first-order chi connectivity index (χ1) is 8.34. The molecule has 3 heteroatoms. The van der Waals surface area contributed by atoms with Crippen LogP contribution in [-0.2, 0) is 0 Å². The minimum absolute atomic E-state index is 0.0543. The Morgan fingerprint density at radius 1 is 0.824 bits per heavy atom. The van der Waals surface area contributed by atoms with Crippen molar-refractivity contribution in [3.63, 3.8) is 0 Å². The fourth-order valence-electron chi connectivity index (χ4n) is 1.83. The highest BCUT2D eigenvalue weighted by atomic mass is 35.5. The zero-order chi connectivity index (χ0) is 11.7. The fraction of sp³-hybridized carbons (Fsp3) is 0.143. The molecule has 86 valence electrons. The van der Waals surface area contributed by atoms with E-state index in [9.17, 15) is 0 Å². The molecule has 1 aliphatic heterocycles. The Morgan fingerprint density at radius 3 is 1.94 bits per heavy atom. The molecular weight excluding hydrogens is 268 g/mol. The summed E-state index contributed by atoms with van der Waals surface area (Å²) < 4.78 is 0.372. The lowest BCUT2D eigenvalue weighted by Crippen LogP contribution is -2.02. The van der Waals surface area contributed by atoms with Gasteiger partial charge in [0.05, 0.1) is 9.96 Å². The molecule has 0 N–H and O–H groups in total. The molecule has 0 nitrogen and oxygen atoms in total. The molecule has 1 unspecified atom stereocenters. The third-order valence-electron chi connectivity index (χ3n) is 2.69. The molecule has 0 amide bonds. The molecule has 0 saturated heterocycles. The number of thioether (sulfide) groups is 2. The van der Waals surface area contributed by atoms with Crippen LogP contribution in [0.3, 0.4) is 0 Å². The SMILES string of the molecule is ClC(c1ccccc1)C1Sc2ccccc2S1. The third kappa shape index (κ3) is 2.35. The van der Waals surface area contributed by atoms with E-state index < -0.39 is 0 Å². The lowest BCUT2D eigenvalue weighted by molar-refractivity contribution is 1.06. The van der Waals surface area contributed by atoms with E-state index >= 15 is 0 Å². The summed E-state index contributed by atoms with van der Waals surface area (Å²) in [6.45, 7) is 0. The van der Waals surface area contributed by atoms with Gasteiger partial charge in [0.25, 0.3) is 0 Å². The molecule has 2 aromatic rings. The maximum Gasteiger partial charge on any atom is 0.0802 e. The Kier molecular flexibility index (Phi) is 3.37. The van der Waals surface area contributed by atoms with Gasteiger partial charge in [-0.15, -0.1) is 35.1 Å². The van der Waals surface area contributed by atoms with Crippen LogP contribution < -0.4 is 0 Å². The summed E-state index contributed by atoms with van der Waals surface area (Å²) in [6.07, 6.45) is 0. The van der Waals surface area contributed by atoms with Gasteiger partial charge in [0.2, 0.25) is 0 Å². The van der Waals surface area contributed by atoms with Crippen LogP contribution in [0.2, 0.25) is 0 Å². The van der Waals surface area contributed by atoms with Crippen LogP contribution in [0.15, 0.2) is 64.4 Å². The zero-order valence-electron chi connectivity index (χ0n) is 9.05. The molecule has 0 saturated carbocycles. The van der Waals surface area contributed by atoms with Crippen molar-refractivity contribution < 1.29 is 0 Å². The van der Waals surface area contributed by atoms with Gasteiger partial charge in [-0.1, -0.05) is 42.5 Å². The molecule has 1 heterocycles. The lowest BCUT2D eigenvalue weighted by Gasteiger charge is -2.15. The molecule has 3 rings (SSSR count). The van der Waals surface area contributed by atoms with Crippen LogP contribution in [0, 0.1) is 0 Å². The van der Waals surface area contributed by atoms with Crippen LogP contribution >= 0.6 is 35.1 Å². The van der Waals surface area contributed by atoms with E-state index in [2.05, 4.69) is 36.4 Å². The minimum Gasteiger partial charge on any atom is -0.116 e. The van der Waals surface area contributed by atoms with Gasteiger partial charge in [0.1, 0.15) is 0 Å². The van der Waals surface area contributed by atoms with E-state index in [1.807, 2.05) is 41.7 Å². The molecule has 0 bridgehead atoms. The molecule has 0 aliphatic carbocycles. The lowest BCUT2D eigenvalue weighted by atomic mass is 10.2. The first-order valence-electron chi connectivity index (χ1n) is 5.46. The third-order valence-corrected chi connectivity index (χ3v) is 6.43. The van der Waals surface area contributed by atoms with Gasteiger partial charge < -0.3 is 0 Å². The topological polar surface area (TPSA) is 0 Å². The minimum atomic E-state index is 0.0543. The highest BCUT2D eigenvalue weighted by Crippen LogP contribution is 2.53. The summed E-state index contributed by atoms with van der Waals surface area (Å²) in [5.41, 5.74) is 1.20. The van der Waals surface area contributed by atoms with Crippen LogP contribution in [0.5, 0.6) is 0 Å². The maximum absolute atomic E-state index is 6.56. The van der Waals surface area contributed by atoms with Crippen LogP contribution in [-0.4, -0.2) is 4.58 Å². The van der Waals surface area contributed by atoms with Crippen molar-refractivity contribution in [2.45, 2.75) is 19.8 Å². The number of hydrogen-bond acceptors (Lipinski definition) is 2. The van der Waals surface area contributed by atoms with E-state index in [0.29, 0.717) is 4.58 Å². The van der Waals surface area contributed by atoms with E-state index in [1.165, 1.54) is 15.4 Å². The van der Waals surface area contributed by atoms with Gasteiger partial charge in [-0.2, -0.15) is 0 Å². The van der Waals surface area contributed by atoms with E-state index in [-0.39, 0.29) is 5.38 Å². The summed E-state index contributed by atoms with van der Waals surface area (Å²) in [5, 5.41) is 0.0543. The summed E-state index contributed by atoms with van der Waals surface area (Å²) in [4.78, 5) is 2.70. The number of rotatable bonds is 2. The van der Waals surface area contributed by atoms with Crippen molar-refractivity contribution in [3.05, 3.63) is 60.2 Å². The van der Waals surface area contributed by atoms with Gasteiger partial charge in [0, 0.05) is 9.79 Å². The smallest absolute Gasteiger partial charge is 0.0802 e. The number of benzene rings is 2. The van der Waals surface area contributed by atoms with Crippen LogP contribution in [0.4, 0.5) is 0 Å². The highest BCUT2D eigenvalue weighted by molar-refractivity contribution is 8.19. The van der Waals surface area contributed by atoms with Gasteiger partial charge in [0.15, 0.2) is 0 Å². The van der Waals surface area contributed by atoms with Gasteiger partial charge in [-0.3, -0.25) is 0 Å². The standard InChI is InChI=1S/C14H11ClS2/c15-13(10-6-2-1-3-7-10)14-16-11-8-4-5-9-12(11)17-14/h1-9,13-14H. The summed E-state index contributed by atoms with van der Waals surface area (Å²) in [6, 6.07) is 18.8. The average Bonchev–Trinajstić information content (AvgIpc) is 2.82. The Morgan fingerprint density at radius 2 is 1.35 bits per heavy atom. The molecule has 0 aromatic heterocycles. The van der Waals surface area contributed by atoms with Crippen molar-refractivity contribution >= 4 is 35.1 Å². The summed E-state index contributed by atoms with van der Waals surface area (Å²) in [5.74, 6) is 0. The number of hydrogen-bond donors (Lipinski definition) is 0. The van der Waals surface area contributed by atoms with E-state index in [1.54, 1.807) is 0 Å². The zero-order valence-corrected chi connectivity index (χ0v) is 11.4. The van der Waals surface area contributed by atoms with E-state index in [0.717, 1.165) is 0 Å². The maximum atomic E-state index is 6.56. The van der Waals surface area contributed by atoms with Crippen molar-refractivity contribution in [1.82, 2.24) is 0 Å². The molecule has 17 heavy (non-hydrogen) atoms. The monoisotopic (exact) mass is 278 g/mol. The number of alkyl halides is 1. The molecule has 0 fully saturated rings. The second kappa shape index (κ2) is 4.97. The fourth-order valence-corrected chi connectivity index (χ4v) is 5.13. The number of halogens is 1. The number of fused-ring (bicyclic) bond motifs is 1. The van der Waals surface area contributed by atoms with E-state index in [4.69, 9.17) is 11.6 Å². The predicted molar refractivity (Wildman–Crippen MR) is 77.0 cm³/mol. The second-order valence-corrected chi connectivity index (χ2v) is 7.00. The van der Waals surface area contributed by atoms with Gasteiger partial charge >= 0.3 is 0 Å². The van der Waals surface area contributed by atoms with Gasteiger partial charge in [-0.05, 0) is 17.7 Å². The Labute approximate surface area is 115 Å². The quantitative estimate of drug-likeness (QED) is 0.693. The Bertz CT molecular complexity index is 488. The normalized spacial score (nSPS) is 16.8. The molecular formula is C14H11ClS2. The van der Waals surface area contributed by atoms with Crippen molar-refractivity contribution in [3.8, 4) is 0 Å². The molecule has 0 spiro atoms. The highest BCUT2D eigenvalue weighted by Gasteiger charge is 2.29. The second-order valence-electron chi connectivity index (χ2n) is 3.86. The summed E-state index contributed by atoms with van der Waals surface area (Å²) >= 11 is 10.3. The summed E-state index contributed by atoms with van der Waals surface area (Å²) in [7, 11) is 0. The average molecular weight is 279 g/mol. The molecule has 0 radical (unpaired) electrons. The largest absolute Gasteiger partial charge is 0.116 e. The van der Waals surface area contributed by atoms with Crippen molar-refractivity contribution in [2.75, 3.05) is 0 Å². The molecule has 1 atom stereocenters. The van der Waals surface area contributed by atoms with Crippen LogP contribution in [0.25, 0.3) is 0 Å². The first-order valence-corrected chi connectivity index (χ1v) is 7.65. The van der Waals surface area contributed by atoms with Gasteiger partial charge in [-0.25, -0.2) is 0 Å². The predicted octanol–water partition coefficient (Wildman–Crippen LogP) is 5.19. The van der Waals surface area contributed by atoms with Crippen molar-refractivity contribution in [1.29, 1.82) is 0 Å². The van der Waals surface area contributed by atoms with Crippen LogP contribution in [0.1, 0.15) is 10.9 Å². The first kappa shape index (κ1) is 11.5. The Hall–Kier alpha value is -0.570.